The van der Waals surface area contributed by atoms with E-state index in [4.69, 9.17) is 21.4 Å². The Labute approximate surface area is 87.3 Å². The van der Waals surface area contributed by atoms with Crippen LogP contribution in [0.1, 0.15) is 12.0 Å². The van der Waals surface area contributed by atoms with Crippen LogP contribution < -0.4 is 0 Å². The van der Waals surface area contributed by atoms with Gasteiger partial charge in [-0.1, -0.05) is 23.7 Å². The summed E-state index contributed by atoms with van der Waals surface area (Å²) in [6.45, 7) is 0.655. The van der Waals surface area contributed by atoms with Gasteiger partial charge in [0, 0.05) is 5.02 Å². The van der Waals surface area contributed by atoms with Gasteiger partial charge in [-0.15, -0.1) is 0 Å². The van der Waals surface area contributed by atoms with Crippen molar-refractivity contribution in [2.75, 3.05) is 6.61 Å². The van der Waals surface area contributed by atoms with Gasteiger partial charge in [-0.25, -0.2) is 0 Å². The Kier molecular flexibility index (Phi) is 4.43. The normalized spacial score (nSPS) is 10.1. The highest BCUT2D eigenvalue weighted by molar-refractivity contribution is 6.30. The van der Waals surface area contributed by atoms with E-state index in [1.807, 2.05) is 12.1 Å². The molecule has 14 heavy (non-hydrogen) atoms. The third kappa shape index (κ3) is 4.25. The van der Waals surface area contributed by atoms with Crippen LogP contribution in [0.25, 0.3) is 0 Å². The molecule has 0 saturated carbocycles. The molecule has 0 spiro atoms. The lowest BCUT2D eigenvalue weighted by atomic mass is 10.2. The van der Waals surface area contributed by atoms with Gasteiger partial charge in [0.15, 0.2) is 0 Å². The van der Waals surface area contributed by atoms with E-state index in [9.17, 15) is 4.79 Å². The number of aliphatic carboxylic acids is 1. The van der Waals surface area contributed by atoms with E-state index in [-0.39, 0.29) is 13.0 Å². The molecular formula is C10H11ClO3. The van der Waals surface area contributed by atoms with Gasteiger partial charge in [-0.3, -0.25) is 4.79 Å². The summed E-state index contributed by atoms with van der Waals surface area (Å²) in [7, 11) is 0. The van der Waals surface area contributed by atoms with Crippen molar-refractivity contribution in [2.24, 2.45) is 0 Å². The third-order valence-corrected chi connectivity index (χ3v) is 1.89. The molecule has 0 aromatic heterocycles. The minimum atomic E-state index is -0.846. The number of hydrogen-bond acceptors (Lipinski definition) is 2. The summed E-state index contributed by atoms with van der Waals surface area (Å²) in [4.78, 5) is 10.2. The molecule has 3 nitrogen and oxygen atoms in total. The molecule has 1 rings (SSSR count). The molecule has 0 amide bonds. The van der Waals surface area contributed by atoms with E-state index in [1.54, 1.807) is 12.1 Å². The summed E-state index contributed by atoms with van der Waals surface area (Å²) < 4.78 is 5.15. The quantitative estimate of drug-likeness (QED) is 0.766. The first-order valence-corrected chi connectivity index (χ1v) is 4.60. The van der Waals surface area contributed by atoms with Crippen molar-refractivity contribution in [1.82, 2.24) is 0 Å². The fourth-order valence-corrected chi connectivity index (χ4v) is 1.06. The summed E-state index contributed by atoms with van der Waals surface area (Å²) in [6, 6.07) is 7.25. The second kappa shape index (κ2) is 5.62. The first-order valence-electron chi connectivity index (χ1n) is 4.22. The number of carbonyl (C=O) groups is 1. The van der Waals surface area contributed by atoms with Gasteiger partial charge in [0.05, 0.1) is 19.6 Å². The van der Waals surface area contributed by atoms with E-state index in [1.165, 1.54) is 0 Å². The molecule has 0 fully saturated rings. The molecule has 0 saturated heterocycles. The lowest BCUT2D eigenvalue weighted by Gasteiger charge is -2.02. The zero-order valence-corrected chi connectivity index (χ0v) is 8.33. The highest BCUT2D eigenvalue weighted by atomic mass is 35.5. The lowest BCUT2D eigenvalue weighted by molar-refractivity contribution is -0.138. The number of ether oxygens (including phenoxy) is 1. The number of rotatable bonds is 5. The Morgan fingerprint density at radius 1 is 1.36 bits per heavy atom. The van der Waals surface area contributed by atoms with Crippen molar-refractivity contribution in [1.29, 1.82) is 0 Å². The largest absolute Gasteiger partial charge is 0.481 e. The minimum absolute atomic E-state index is 0.0353. The van der Waals surface area contributed by atoms with E-state index < -0.39 is 5.97 Å². The van der Waals surface area contributed by atoms with Crippen LogP contribution in [0.15, 0.2) is 24.3 Å². The molecular weight excluding hydrogens is 204 g/mol. The molecule has 0 unspecified atom stereocenters. The molecule has 1 N–H and O–H groups in total. The summed E-state index contributed by atoms with van der Waals surface area (Å²) >= 11 is 5.70. The number of benzene rings is 1. The van der Waals surface area contributed by atoms with E-state index in [2.05, 4.69) is 0 Å². The third-order valence-electron chi connectivity index (χ3n) is 1.64. The second-order valence-corrected chi connectivity index (χ2v) is 3.26. The molecule has 4 heteroatoms. The Morgan fingerprint density at radius 3 is 2.57 bits per heavy atom. The molecule has 0 radical (unpaired) electrons. The smallest absolute Gasteiger partial charge is 0.305 e. The summed E-state index contributed by atoms with van der Waals surface area (Å²) in [5.74, 6) is -0.846. The van der Waals surface area contributed by atoms with Crippen molar-refractivity contribution in [3.8, 4) is 0 Å². The van der Waals surface area contributed by atoms with Crippen LogP contribution in [0.4, 0.5) is 0 Å². The van der Waals surface area contributed by atoms with Gasteiger partial charge in [-0.05, 0) is 17.7 Å². The van der Waals surface area contributed by atoms with E-state index in [0.29, 0.717) is 11.6 Å². The van der Waals surface area contributed by atoms with E-state index >= 15 is 0 Å². The lowest BCUT2D eigenvalue weighted by Crippen LogP contribution is -2.02. The first-order chi connectivity index (χ1) is 6.68. The maximum Gasteiger partial charge on any atom is 0.305 e. The van der Waals surface area contributed by atoms with Gasteiger partial charge in [-0.2, -0.15) is 0 Å². The molecule has 0 aliphatic rings. The zero-order chi connectivity index (χ0) is 10.4. The molecule has 0 atom stereocenters. The standard InChI is InChI=1S/C10H11ClO3/c11-9-3-1-8(2-4-9)7-14-6-5-10(12)13/h1-4H,5-7H2,(H,12,13). The molecule has 0 bridgehead atoms. The van der Waals surface area contributed by atoms with Crippen LogP contribution in [0.5, 0.6) is 0 Å². The number of halogens is 1. The van der Waals surface area contributed by atoms with Gasteiger partial charge in [0.25, 0.3) is 0 Å². The molecule has 0 heterocycles. The van der Waals surface area contributed by atoms with Gasteiger partial charge in [0.2, 0.25) is 0 Å². The zero-order valence-electron chi connectivity index (χ0n) is 7.57. The van der Waals surface area contributed by atoms with Gasteiger partial charge in [0.1, 0.15) is 0 Å². The van der Waals surface area contributed by atoms with E-state index in [0.717, 1.165) is 5.56 Å². The van der Waals surface area contributed by atoms with Crippen LogP contribution in [0, 0.1) is 0 Å². The average molecular weight is 215 g/mol. The Morgan fingerprint density at radius 2 is 2.00 bits per heavy atom. The van der Waals surface area contributed by atoms with Crippen molar-refractivity contribution in [3.63, 3.8) is 0 Å². The van der Waals surface area contributed by atoms with Crippen molar-refractivity contribution >= 4 is 17.6 Å². The number of carboxylic acid groups (broad SMARTS) is 1. The molecule has 0 aliphatic carbocycles. The van der Waals surface area contributed by atoms with Crippen LogP contribution in [-0.2, 0) is 16.1 Å². The second-order valence-electron chi connectivity index (χ2n) is 2.82. The van der Waals surface area contributed by atoms with Crippen molar-refractivity contribution in [2.45, 2.75) is 13.0 Å². The van der Waals surface area contributed by atoms with Crippen molar-refractivity contribution in [3.05, 3.63) is 34.9 Å². The first kappa shape index (κ1) is 11.0. The van der Waals surface area contributed by atoms with Crippen LogP contribution >= 0.6 is 11.6 Å². The van der Waals surface area contributed by atoms with Crippen LogP contribution in [0.3, 0.4) is 0 Å². The Balaban J connectivity index is 2.25. The van der Waals surface area contributed by atoms with Gasteiger partial charge >= 0.3 is 5.97 Å². The van der Waals surface area contributed by atoms with Crippen LogP contribution in [0.2, 0.25) is 5.02 Å². The predicted molar refractivity (Wildman–Crippen MR) is 53.4 cm³/mol. The topological polar surface area (TPSA) is 46.5 Å². The van der Waals surface area contributed by atoms with Crippen LogP contribution in [-0.4, -0.2) is 17.7 Å². The fourth-order valence-electron chi connectivity index (χ4n) is 0.930. The van der Waals surface area contributed by atoms with Gasteiger partial charge < -0.3 is 9.84 Å². The van der Waals surface area contributed by atoms with Crippen molar-refractivity contribution < 1.29 is 14.6 Å². The monoisotopic (exact) mass is 214 g/mol. The summed E-state index contributed by atoms with van der Waals surface area (Å²) in [5.41, 5.74) is 0.986. The number of carboxylic acids is 1. The Hall–Kier alpha value is -1.06. The fraction of sp³-hybridized carbons (Fsp3) is 0.300. The molecule has 76 valence electrons. The highest BCUT2D eigenvalue weighted by Gasteiger charge is 1.97. The SMILES string of the molecule is O=C(O)CCOCc1ccc(Cl)cc1. The molecule has 0 aliphatic heterocycles. The maximum atomic E-state index is 10.2. The molecule has 1 aromatic rings. The predicted octanol–water partition coefficient (Wildman–Crippen LogP) is 2.33. The summed E-state index contributed by atoms with van der Waals surface area (Å²) in [5, 5.41) is 9.03. The maximum absolute atomic E-state index is 10.2. The highest BCUT2D eigenvalue weighted by Crippen LogP contribution is 2.10. The average Bonchev–Trinajstić information content (AvgIpc) is 2.15. The Bertz CT molecular complexity index is 295. The number of hydrogen-bond donors (Lipinski definition) is 1. The molecule has 1 aromatic carbocycles. The minimum Gasteiger partial charge on any atom is -0.481 e. The summed E-state index contributed by atoms with van der Waals surface area (Å²) in [6.07, 6.45) is 0.0353.